The number of hydrogen-bond acceptors (Lipinski definition) is 4. The summed E-state index contributed by atoms with van der Waals surface area (Å²) >= 11 is 0. The van der Waals surface area contributed by atoms with Gasteiger partial charge in [0.1, 0.15) is 0 Å². The van der Waals surface area contributed by atoms with Gasteiger partial charge in [0.25, 0.3) is 5.91 Å². The molecule has 0 saturated heterocycles. The van der Waals surface area contributed by atoms with Gasteiger partial charge in [-0.05, 0) is 51.5 Å². The highest BCUT2D eigenvalue weighted by Gasteiger charge is 2.17. The van der Waals surface area contributed by atoms with E-state index >= 15 is 0 Å². The molecule has 7 heteroatoms. The third kappa shape index (κ3) is 6.96. The lowest BCUT2D eigenvalue weighted by Gasteiger charge is -2.30. The number of hydrogen-bond donors (Lipinski definition) is 2. The maximum atomic E-state index is 12.6. The zero-order valence-electron chi connectivity index (χ0n) is 17.6. The first-order valence-corrected chi connectivity index (χ1v) is 11.4. The molecule has 1 amide bonds. The van der Waals surface area contributed by atoms with Crippen LogP contribution in [0.2, 0.25) is 0 Å². The molecule has 2 N–H and O–H groups in total. The summed E-state index contributed by atoms with van der Waals surface area (Å²) in [5.41, 5.74) is 1.19. The average Bonchev–Trinajstić information content (AvgIpc) is 2.70. The Hall–Kier alpha value is -2.22. The molecule has 0 aliphatic rings. The second-order valence-electron chi connectivity index (χ2n) is 7.52. The Morgan fingerprint density at radius 3 is 2.24 bits per heavy atom. The average molecular weight is 418 g/mol. The molecule has 0 aliphatic heterocycles. The number of nitrogens with zero attached hydrogens (tertiary/aromatic N) is 1. The highest BCUT2D eigenvalue weighted by atomic mass is 32.2. The predicted octanol–water partition coefficient (Wildman–Crippen LogP) is 3.01. The van der Waals surface area contributed by atoms with Crippen molar-refractivity contribution in [3.8, 4) is 0 Å². The summed E-state index contributed by atoms with van der Waals surface area (Å²) in [6.07, 6.45) is 0. The Bertz CT molecular complexity index is 889. The van der Waals surface area contributed by atoms with Crippen molar-refractivity contribution >= 4 is 15.9 Å². The van der Waals surface area contributed by atoms with Gasteiger partial charge in [0, 0.05) is 37.3 Å². The molecule has 0 unspecified atom stereocenters. The Kier molecular flexibility index (Phi) is 8.37. The molecule has 2 aromatic rings. The summed E-state index contributed by atoms with van der Waals surface area (Å²) in [6.45, 7) is 9.92. The van der Waals surface area contributed by atoms with Gasteiger partial charge < -0.3 is 5.32 Å². The van der Waals surface area contributed by atoms with E-state index in [4.69, 9.17) is 0 Å². The Labute approximate surface area is 174 Å². The lowest BCUT2D eigenvalue weighted by Crippen LogP contribution is -2.42. The molecule has 2 aromatic carbocycles. The van der Waals surface area contributed by atoms with Crippen LogP contribution in [0.4, 0.5) is 0 Å². The number of rotatable bonds is 10. The largest absolute Gasteiger partial charge is 0.351 e. The van der Waals surface area contributed by atoms with E-state index < -0.39 is 10.0 Å². The zero-order valence-corrected chi connectivity index (χ0v) is 18.4. The normalized spacial score (nSPS) is 12.0. The van der Waals surface area contributed by atoms with E-state index in [1.54, 1.807) is 12.1 Å². The topological polar surface area (TPSA) is 78.5 Å². The van der Waals surface area contributed by atoms with Gasteiger partial charge in [-0.2, -0.15) is 0 Å². The van der Waals surface area contributed by atoms with Gasteiger partial charge in [-0.1, -0.05) is 36.4 Å². The van der Waals surface area contributed by atoms with Crippen LogP contribution in [0, 0.1) is 0 Å². The predicted molar refractivity (Wildman–Crippen MR) is 116 cm³/mol. The van der Waals surface area contributed by atoms with Crippen LogP contribution >= 0.6 is 0 Å². The van der Waals surface area contributed by atoms with Crippen molar-refractivity contribution in [1.82, 2.24) is 14.9 Å². The molecule has 6 nitrogen and oxygen atoms in total. The van der Waals surface area contributed by atoms with Gasteiger partial charge in [0.2, 0.25) is 10.0 Å². The van der Waals surface area contributed by atoms with Crippen molar-refractivity contribution in [2.45, 2.75) is 51.2 Å². The number of carbonyl (C=O) groups is 1. The van der Waals surface area contributed by atoms with Crippen LogP contribution in [0.3, 0.4) is 0 Å². The Morgan fingerprint density at radius 1 is 0.966 bits per heavy atom. The summed E-state index contributed by atoms with van der Waals surface area (Å²) in [4.78, 5) is 14.8. The molecular weight excluding hydrogens is 386 g/mol. The van der Waals surface area contributed by atoms with Crippen LogP contribution in [0.25, 0.3) is 0 Å². The maximum Gasteiger partial charge on any atom is 0.251 e. The van der Waals surface area contributed by atoms with Crippen molar-refractivity contribution in [2.75, 3.05) is 13.1 Å². The fourth-order valence-corrected chi connectivity index (χ4v) is 4.24. The van der Waals surface area contributed by atoms with Crippen molar-refractivity contribution in [2.24, 2.45) is 0 Å². The van der Waals surface area contributed by atoms with Crippen LogP contribution in [0.5, 0.6) is 0 Å². The quantitative estimate of drug-likeness (QED) is 0.623. The Balaban J connectivity index is 1.99. The minimum Gasteiger partial charge on any atom is -0.351 e. The molecule has 0 aliphatic carbocycles. The van der Waals surface area contributed by atoms with Crippen molar-refractivity contribution in [3.05, 3.63) is 65.7 Å². The lowest BCUT2D eigenvalue weighted by molar-refractivity contribution is 0.0939. The summed E-state index contributed by atoms with van der Waals surface area (Å²) in [5.74, 6) is -0.280. The molecule has 2 rings (SSSR count). The standard InChI is InChI=1S/C22H31N3O3S/c1-17(2)25(18(3)4)14-13-23-22(26)20-11-8-12-21(15-20)29(27,28)24-16-19-9-6-5-7-10-19/h5-12,15,17-18,24H,13-14,16H2,1-4H3,(H,23,26). The van der Waals surface area contributed by atoms with E-state index in [0.29, 0.717) is 24.2 Å². The maximum absolute atomic E-state index is 12.6. The molecular formula is C22H31N3O3S. The summed E-state index contributed by atoms with van der Waals surface area (Å²) < 4.78 is 27.7. The first-order valence-electron chi connectivity index (χ1n) is 9.88. The molecule has 0 atom stereocenters. The van der Waals surface area contributed by atoms with Gasteiger partial charge in [-0.3, -0.25) is 9.69 Å². The van der Waals surface area contributed by atoms with Crippen molar-refractivity contribution < 1.29 is 13.2 Å². The second-order valence-corrected chi connectivity index (χ2v) is 9.29. The van der Waals surface area contributed by atoms with Crippen molar-refractivity contribution in [3.63, 3.8) is 0 Å². The number of sulfonamides is 1. The van der Waals surface area contributed by atoms with Crippen molar-refractivity contribution in [1.29, 1.82) is 0 Å². The van der Waals surface area contributed by atoms with Gasteiger partial charge in [-0.25, -0.2) is 13.1 Å². The van der Waals surface area contributed by atoms with Gasteiger partial charge in [0.05, 0.1) is 4.90 Å². The highest BCUT2D eigenvalue weighted by molar-refractivity contribution is 7.89. The van der Waals surface area contributed by atoms with Gasteiger partial charge in [0.15, 0.2) is 0 Å². The molecule has 0 fully saturated rings. The van der Waals surface area contributed by atoms with Gasteiger partial charge >= 0.3 is 0 Å². The molecule has 0 bridgehead atoms. The van der Waals surface area contributed by atoms with Crippen LogP contribution in [-0.4, -0.2) is 44.4 Å². The monoisotopic (exact) mass is 417 g/mol. The third-order valence-corrected chi connectivity index (χ3v) is 6.10. The molecule has 0 aromatic heterocycles. The van der Waals surface area contributed by atoms with E-state index in [9.17, 15) is 13.2 Å². The molecule has 0 saturated carbocycles. The minimum atomic E-state index is -3.71. The summed E-state index contributed by atoms with van der Waals surface area (Å²) in [7, 11) is -3.71. The first kappa shape index (κ1) is 23.1. The van der Waals surface area contributed by atoms with E-state index in [1.807, 2.05) is 30.3 Å². The number of benzene rings is 2. The van der Waals surface area contributed by atoms with Crippen LogP contribution < -0.4 is 10.0 Å². The molecule has 158 valence electrons. The number of carbonyl (C=O) groups excluding carboxylic acids is 1. The minimum absolute atomic E-state index is 0.0760. The fourth-order valence-electron chi connectivity index (χ4n) is 3.18. The molecule has 0 radical (unpaired) electrons. The second kappa shape index (κ2) is 10.5. The number of amides is 1. The summed E-state index contributed by atoms with van der Waals surface area (Å²) in [6, 6.07) is 16.2. The van der Waals surface area contributed by atoms with E-state index in [-0.39, 0.29) is 17.3 Å². The third-order valence-electron chi connectivity index (χ3n) is 4.70. The smallest absolute Gasteiger partial charge is 0.251 e. The highest BCUT2D eigenvalue weighted by Crippen LogP contribution is 2.12. The van der Waals surface area contributed by atoms with Crippen LogP contribution in [-0.2, 0) is 16.6 Å². The van der Waals surface area contributed by atoms with E-state index in [0.717, 1.165) is 12.1 Å². The van der Waals surface area contributed by atoms with Gasteiger partial charge in [-0.15, -0.1) is 0 Å². The fraction of sp³-hybridized carbons (Fsp3) is 0.409. The Morgan fingerprint density at radius 2 is 1.62 bits per heavy atom. The van der Waals surface area contributed by atoms with Crippen LogP contribution in [0.15, 0.2) is 59.5 Å². The molecule has 29 heavy (non-hydrogen) atoms. The first-order chi connectivity index (χ1) is 13.7. The van der Waals surface area contributed by atoms with Crippen LogP contribution in [0.1, 0.15) is 43.6 Å². The summed E-state index contributed by atoms with van der Waals surface area (Å²) in [5, 5.41) is 2.88. The number of nitrogens with one attached hydrogen (secondary N) is 2. The lowest BCUT2D eigenvalue weighted by atomic mass is 10.2. The van der Waals surface area contributed by atoms with E-state index in [1.165, 1.54) is 12.1 Å². The molecule has 0 heterocycles. The van der Waals surface area contributed by atoms with E-state index in [2.05, 4.69) is 42.6 Å². The molecule has 0 spiro atoms. The zero-order chi connectivity index (χ0) is 21.4. The SMILES string of the molecule is CC(C)N(CCNC(=O)c1cccc(S(=O)(=O)NCc2ccccc2)c1)C(C)C.